The van der Waals surface area contributed by atoms with Gasteiger partial charge in [0.05, 0.1) is 6.33 Å². The van der Waals surface area contributed by atoms with Crippen LogP contribution in [-0.2, 0) is 5.54 Å². The Bertz CT molecular complexity index is 333. The number of hydrogen-bond donors (Lipinski definition) is 1. The van der Waals surface area contributed by atoms with Crippen molar-refractivity contribution < 1.29 is 0 Å². The van der Waals surface area contributed by atoms with Crippen LogP contribution in [0.5, 0.6) is 0 Å². The van der Waals surface area contributed by atoms with E-state index in [2.05, 4.69) is 41.8 Å². The molecule has 0 aromatic carbocycles. The molecular formula is C13H23N3. The lowest BCUT2D eigenvalue weighted by Crippen LogP contribution is -2.30. The van der Waals surface area contributed by atoms with Gasteiger partial charge in [-0.25, -0.2) is 4.98 Å². The van der Waals surface area contributed by atoms with Crippen molar-refractivity contribution in [3.63, 3.8) is 0 Å². The van der Waals surface area contributed by atoms with Gasteiger partial charge in [-0.1, -0.05) is 13.8 Å². The minimum absolute atomic E-state index is 0.231. The zero-order chi connectivity index (χ0) is 11.6. The summed E-state index contributed by atoms with van der Waals surface area (Å²) in [5.41, 5.74) is 1.64. The van der Waals surface area contributed by atoms with Gasteiger partial charge in [-0.15, -0.1) is 0 Å². The molecule has 0 aliphatic carbocycles. The van der Waals surface area contributed by atoms with Crippen LogP contribution >= 0.6 is 0 Å². The molecule has 0 saturated carbocycles. The molecule has 1 unspecified atom stereocenters. The summed E-state index contributed by atoms with van der Waals surface area (Å²) in [6.07, 6.45) is 7.64. The molecular weight excluding hydrogens is 198 g/mol. The average Bonchev–Trinajstić information content (AvgIpc) is 2.97. The molecule has 1 saturated heterocycles. The Balaban J connectivity index is 2.30. The van der Waals surface area contributed by atoms with Crippen LogP contribution in [0.15, 0.2) is 12.5 Å². The summed E-state index contributed by atoms with van der Waals surface area (Å²) in [4.78, 5) is 4.36. The van der Waals surface area contributed by atoms with Crippen molar-refractivity contribution in [2.24, 2.45) is 0 Å². The maximum absolute atomic E-state index is 4.36. The SMILES string of the molecule is CCC(C)(CC)n1cncc1C1CCNC1. The number of rotatable bonds is 4. The Labute approximate surface area is 98.3 Å². The minimum atomic E-state index is 0.231. The summed E-state index contributed by atoms with van der Waals surface area (Å²) in [6, 6.07) is 0. The summed E-state index contributed by atoms with van der Waals surface area (Å²) in [5, 5.41) is 3.43. The third-order valence-corrected chi connectivity index (χ3v) is 4.25. The molecule has 1 aromatic heterocycles. The van der Waals surface area contributed by atoms with Crippen molar-refractivity contribution >= 4 is 0 Å². The molecule has 1 aliphatic rings. The van der Waals surface area contributed by atoms with Gasteiger partial charge in [-0.2, -0.15) is 0 Å². The van der Waals surface area contributed by atoms with E-state index < -0.39 is 0 Å². The quantitative estimate of drug-likeness (QED) is 0.846. The summed E-state index contributed by atoms with van der Waals surface area (Å²) >= 11 is 0. The molecule has 2 rings (SSSR count). The Kier molecular flexibility index (Phi) is 3.33. The monoisotopic (exact) mass is 221 g/mol. The molecule has 90 valence electrons. The lowest BCUT2D eigenvalue weighted by Gasteiger charge is -2.32. The van der Waals surface area contributed by atoms with Crippen LogP contribution < -0.4 is 5.32 Å². The van der Waals surface area contributed by atoms with Gasteiger partial charge in [0.2, 0.25) is 0 Å². The molecule has 3 nitrogen and oxygen atoms in total. The van der Waals surface area contributed by atoms with Crippen LogP contribution in [0.3, 0.4) is 0 Å². The number of hydrogen-bond acceptors (Lipinski definition) is 2. The van der Waals surface area contributed by atoms with E-state index in [4.69, 9.17) is 0 Å². The number of imidazole rings is 1. The summed E-state index contributed by atoms with van der Waals surface area (Å²) < 4.78 is 2.41. The second kappa shape index (κ2) is 4.58. The molecule has 16 heavy (non-hydrogen) atoms. The number of nitrogens with zero attached hydrogens (tertiary/aromatic N) is 2. The van der Waals surface area contributed by atoms with Gasteiger partial charge in [0.1, 0.15) is 0 Å². The van der Waals surface area contributed by atoms with Crippen molar-refractivity contribution in [3.05, 3.63) is 18.2 Å². The molecule has 3 heteroatoms. The maximum atomic E-state index is 4.36. The predicted molar refractivity (Wildman–Crippen MR) is 66.7 cm³/mol. The zero-order valence-corrected chi connectivity index (χ0v) is 10.7. The fraction of sp³-hybridized carbons (Fsp3) is 0.769. The van der Waals surface area contributed by atoms with Gasteiger partial charge >= 0.3 is 0 Å². The predicted octanol–water partition coefficient (Wildman–Crippen LogP) is 2.50. The summed E-state index contributed by atoms with van der Waals surface area (Å²) in [7, 11) is 0. The first-order chi connectivity index (χ1) is 7.71. The Morgan fingerprint density at radius 1 is 1.50 bits per heavy atom. The van der Waals surface area contributed by atoms with Gasteiger partial charge in [0.15, 0.2) is 0 Å². The lowest BCUT2D eigenvalue weighted by atomic mass is 9.93. The Morgan fingerprint density at radius 3 is 2.81 bits per heavy atom. The smallest absolute Gasteiger partial charge is 0.0953 e. The van der Waals surface area contributed by atoms with Gasteiger partial charge in [0.25, 0.3) is 0 Å². The molecule has 1 atom stereocenters. The van der Waals surface area contributed by atoms with E-state index >= 15 is 0 Å². The third-order valence-electron chi connectivity index (χ3n) is 4.25. The van der Waals surface area contributed by atoms with Crippen LogP contribution in [0.25, 0.3) is 0 Å². The van der Waals surface area contributed by atoms with Crippen molar-refractivity contribution in [2.45, 2.75) is 51.5 Å². The van der Waals surface area contributed by atoms with Crippen LogP contribution in [0.1, 0.15) is 51.6 Å². The van der Waals surface area contributed by atoms with Gasteiger partial charge < -0.3 is 9.88 Å². The zero-order valence-electron chi connectivity index (χ0n) is 10.7. The molecule has 2 heterocycles. The molecule has 1 aliphatic heterocycles. The first kappa shape index (κ1) is 11.6. The molecule has 1 N–H and O–H groups in total. The van der Waals surface area contributed by atoms with E-state index in [1.807, 2.05) is 6.33 Å². The van der Waals surface area contributed by atoms with Crippen molar-refractivity contribution in [2.75, 3.05) is 13.1 Å². The fourth-order valence-corrected chi connectivity index (χ4v) is 2.56. The van der Waals surface area contributed by atoms with Crippen LogP contribution in [0.2, 0.25) is 0 Å². The third kappa shape index (κ3) is 1.88. The van der Waals surface area contributed by atoms with Gasteiger partial charge in [-0.3, -0.25) is 0 Å². The largest absolute Gasteiger partial charge is 0.328 e. The standard InChI is InChI=1S/C13H23N3/c1-4-13(3,5-2)16-10-15-9-12(16)11-6-7-14-8-11/h9-11,14H,4-8H2,1-3H3. The second-order valence-corrected chi connectivity index (χ2v) is 5.08. The fourth-order valence-electron chi connectivity index (χ4n) is 2.56. The summed E-state index contributed by atoms with van der Waals surface area (Å²) in [5.74, 6) is 0.653. The summed E-state index contributed by atoms with van der Waals surface area (Å²) in [6.45, 7) is 9.11. The molecule has 0 amide bonds. The van der Waals surface area contributed by atoms with E-state index in [0.717, 1.165) is 25.9 Å². The second-order valence-electron chi connectivity index (χ2n) is 5.08. The first-order valence-corrected chi connectivity index (χ1v) is 6.44. The van der Waals surface area contributed by atoms with E-state index in [1.165, 1.54) is 12.1 Å². The highest BCUT2D eigenvalue weighted by Crippen LogP contribution is 2.31. The minimum Gasteiger partial charge on any atom is -0.328 e. The lowest BCUT2D eigenvalue weighted by molar-refractivity contribution is 0.282. The van der Waals surface area contributed by atoms with Crippen LogP contribution in [0.4, 0.5) is 0 Å². The Hall–Kier alpha value is -0.830. The number of nitrogens with one attached hydrogen (secondary N) is 1. The normalized spacial score (nSPS) is 21.6. The highest BCUT2D eigenvalue weighted by molar-refractivity contribution is 5.12. The van der Waals surface area contributed by atoms with Gasteiger partial charge in [0, 0.05) is 29.9 Å². The topological polar surface area (TPSA) is 29.9 Å². The van der Waals surface area contributed by atoms with Crippen molar-refractivity contribution in [3.8, 4) is 0 Å². The maximum Gasteiger partial charge on any atom is 0.0953 e. The van der Waals surface area contributed by atoms with Crippen LogP contribution in [0, 0.1) is 0 Å². The molecule has 1 fully saturated rings. The Morgan fingerprint density at radius 2 is 2.25 bits per heavy atom. The average molecular weight is 221 g/mol. The molecule has 0 radical (unpaired) electrons. The highest BCUT2D eigenvalue weighted by Gasteiger charge is 2.28. The number of aromatic nitrogens is 2. The molecule has 1 aromatic rings. The van der Waals surface area contributed by atoms with E-state index in [0.29, 0.717) is 5.92 Å². The van der Waals surface area contributed by atoms with Crippen molar-refractivity contribution in [1.82, 2.24) is 14.9 Å². The van der Waals surface area contributed by atoms with E-state index in [-0.39, 0.29) is 5.54 Å². The van der Waals surface area contributed by atoms with Crippen molar-refractivity contribution in [1.29, 1.82) is 0 Å². The van der Waals surface area contributed by atoms with E-state index in [9.17, 15) is 0 Å². The van der Waals surface area contributed by atoms with E-state index in [1.54, 1.807) is 0 Å². The first-order valence-electron chi connectivity index (χ1n) is 6.44. The highest BCUT2D eigenvalue weighted by atomic mass is 15.1. The van der Waals surface area contributed by atoms with Crippen LogP contribution in [-0.4, -0.2) is 22.6 Å². The van der Waals surface area contributed by atoms with Gasteiger partial charge in [-0.05, 0) is 32.7 Å². The molecule has 0 spiro atoms. The molecule has 0 bridgehead atoms.